The molecule has 2 rings (SSSR count). The molecule has 0 fully saturated rings. The Morgan fingerprint density at radius 3 is 2.12 bits per heavy atom. The largest absolute Gasteiger partial charge is 1.00 e. The molecule has 0 saturated heterocycles. The number of ether oxygens (including phenoxy) is 2. The number of rotatable bonds is 10. The van der Waals surface area contributed by atoms with Crippen LogP contribution in [0, 0.1) is 12.3 Å². The second-order valence-electron chi connectivity index (χ2n) is 11.5. The van der Waals surface area contributed by atoms with Gasteiger partial charge in [-0.25, -0.2) is 0 Å². The van der Waals surface area contributed by atoms with Crippen LogP contribution in [0.25, 0.3) is 0 Å². The van der Waals surface area contributed by atoms with Crippen LogP contribution in [0.4, 0.5) is 0 Å². The van der Waals surface area contributed by atoms with Gasteiger partial charge in [0.15, 0.2) is 6.29 Å². The molecule has 180 valence electrons. The zero-order valence-electron chi connectivity index (χ0n) is 21.7. The summed E-state index contributed by atoms with van der Waals surface area (Å²) in [6, 6.07) is 17.2. The van der Waals surface area contributed by atoms with Crippen molar-refractivity contribution < 1.29 is 26.4 Å². The second-order valence-corrected chi connectivity index (χ2v) is 11.5. The summed E-state index contributed by atoms with van der Waals surface area (Å²) in [6.07, 6.45) is 0.861. The fourth-order valence-electron chi connectivity index (χ4n) is 4.47. The van der Waals surface area contributed by atoms with Gasteiger partial charge in [-0.05, 0) is 48.3 Å². The lowest BCUT2D eigenvalue weighted by Gasteiger charge is -2.33. The Kier molecular flexibility index (Phi) is 10.3. The first-order valence-electron chi connectivity index (χ1n) is 11.5. The Hall–Kier alpha value is -1.55. The van der Waals surface area contributed by atoms with Crippen molar-refractivity contribution in [3.05, 3.63) is 65.2 Å². The van der Waals surface area contributed by atoms with Crippen LogP contribution < -0.4 is 17.1 Å². The Bertz CT molecular complexity index is 825. The van der Waals surface area contributed by atoms with Crippen LogP contribution in [-0.4, -0.2) is 38.0 Å². The van der Waals surface area contributed by atoms with Crippen LogP contribution in [0.5, 0.6) is 5.75 Å². The number of likely N-dealkylation sites (N-methyl/N-ethyl adjacent to an activating group) is 1. The lowest BCUT2D eigenvalue weighted by atomic mass is 9.72. The minimum absolute atomic E-state index is 0. The number of hydrogen-bond donors (Lipinski definition) is 0. The summed E-state index contributed by atoms with van der Waals surface area (Å²) in [7, 11) is 4.48. The predicted octanol–water partition coefficient (Wildman–Crippen LogP) is 3.73. The summed E-state index contributed by atoms with van der Waals surface area (Å²) >= 11 is 0. The van der Waals surface area contributed by atoms with E-state index in [9.17, 15) is 0 Å². The molecule has 2 aromatic rings. The highest BCUT2D eigenvalue weighted by Crippen LogP contribution is 2.37. The van der Waals surface area contributed by atoms with Crippen LogP contribution in [0.15, 0.2) is 48.5 Å². The Balaban J connectivity index is 0.00000512. The summed E-state index contributed by atoms with van der Waals surface area (Å²) < 4.78 is 13.0. The molecule has 1 atom stereocenters. The number of benzene rings is 2. The van der Waals surface area contributed by atoms with Gasteiger partial charge in [0.1, 0.15) is 18.8 Å². The summed E-state index contributed by atoms with van der Waals surface area (Å²) in [5.41, 5.74) is 4.30. The van der Waals surface area contributed by atoms with Gasteiger partial charge in [0.2, 0.25) is 0 Å². The molecule has 4 heteroatoms. The van der Waals surface area contributed by atoms with Crippen molar-refractivity contribution in [3.63, 3.8) is 0 Å². The molecule has 1 unspecified atom stereocenters. The molecular formula is C28H44ClNO2. The minimum atomic E-state index is -0.274. The summed E-state index contributed by atoms with van der Waals surface area (Å²) in [5.74, 6) is 0.904. The first kappa shape index (κ1) is 28.5. The molecule has 0 aromatic heterocycles. The Morgan fingerprint density at radius 1 is 0.938 bits per heavy atom. The van der Waals surface area contributed by atoms with Gasteiger partial charge in [0.05, 0.1) is 20.7 Å². The average molecular weight is 462 g/mol. The van der Waals surface area contributed by atoms with Gasteiger partial charge < -0.3 is 26.4 Å². The molecule has 0 aliphatic heterocycles. The van der Waals surface area contributed by atoms with Crippen molar-refractivity contribution in [1.82, 2.24) is 0 Å². The zero-order valence-corrected chi connectivity index (χ0v) is 22.4. The third-order valence-electron chi connectivity index (χ3n) is 5.72. The standard InChI is InChI=1S/C28H44NO2.ClH/c1-22-19-25(28(6,7)21-27(3,4)5)15-16-26(22)31-23(2)30-18-17-29(8,9)20-24-13-11-10-12-14-24;/h10-16,19,23H,17-18,20-21H2,1-9H3;1H/q+1;/p-1. The van der Waals surface area contributed by atoms with E-state index in [0.717, 1.165) is 35.3 Å². The van der Waals surface area contributed by atoms with Crippen molar-refractivity contribution in [2.24, 2.45) is 5.41 Å². The fraction of sp³-hybridized carbons (Fsp3) is 0.571. The maximum atomic E-state index is 6.12. The van der Waals surface area contributed by atoms with E-state index in [1.807, 2.05) is 6.92 Å². The fourth-order valence-corrected chi connectivity index (χ4v) is 4.47. The molecule has 3 nitrogen and oxygen atoms in total. The molecule has 0 amide bonds. The first-order chi connectivity index (χ1) is 14.3. The zero-order chi connectivity index (χ0) is 23.3. The Morgan fingerprint density at radius 2 is 1.56 bits per heavy atom. The maximum Gasteiger partial charge on any atom is 0.197 e. The van der Waals surface area contributed by atoms with Gasteiger partial charge in [0, 0.05) is 5.56 Å². The average Bonchev–Trinajstić information content (AvgIpc) is 2.61. The number of quaternary nitrogens is 1. The molecule has 0 heterocycles. The Labute approximate surface area is 203 Å². The highest BCUT2D eigenvalue weighted by atomic mass is 35.5. The van der Waals surface area contributed by atoms with E-state index in [1.54, 1.807) is 0 Å². The first-order valence-corrected chi connectivity index (χ1v) is 11.5. The minimum Gasteiger partial charge on any atom is -1.00 e. The highest BCUT2D eigenvalue weighted by molar-refractivity contribution is 5.39. The summed E-state index contributed by atoms with van der Waals surface area (Å²) in [5, 5.41) is 0. The van der Waals surface area contributed by atoms with Crippen molar-refractivity contribution in [3.8, 4) is 5.75 Å². The number of aryl methyl sites for hydroxylation is 1. The van der Waals surface area contributed by atoms with Crippen molar-refractivity contribution in [1.29, 1.82) is 0 Å². The lowest BCUT2D eigenvalue weighted by Crippen LogP contribution is -3.00. The van der Waals surface area contributed by atoms with Crippen molar-refractivity contribution >= 4 is 0 Å². The van der Waals surface area contributed by atoms with Gasteiger partial charge in [-0.2, -0.15) is 0 Å². The van der Waals surface area contributed by atoms with E-state index in [0.29, 0.717) is 12.0 Å². The topological polar surface area (TPSA) is 18.5 Å². The molecule has 2 aromatic carbocycles. The van der Waals surface area contributed by atoms with Crippen LogP contribution in [0.2, 0.25) is 0 Å². The number of hydrogen-bond acceptors (Lipinski definition) is 2. The van der Waals surface area contributed by atoms with Crippen LogP contribution >= 0.6 is 0 Å². The van der Waals surface area contributed by atoms with E-state index in [-0.39, 0.29) is 24.1 Å². The van der Waals surface area contributed by atoms with E-state index in [4.69, 9.17) is 9.47 Å². The van der Waals surface area contributed by atoms with E-state index in [2.05, 4.69) is 104 Å². The predicted molar refractivity (Wildman–Crippen MR) is 131 cm³/mol. The van der Waals surface area contributed by atoms with Crippen molar-refractivity contribution in [2.75, 3.05) is 27.2 Å². The van der Waals surface area contributed by atoms with Crippen LogP contribution in [0.3, 0.4) is 0 Å². The second kappa shape index (κ2) is 11.5. The van der Waals surface area contributed by atoms with Gasteiger partial charge in [-0.1, -0.05) is 77.1 Å². The molecule has 32 heavy (non-hydrogen) atoms. The van der Waals surface area contributed by atoms with Gasteiger partial charge in [-0.3, -0.25) is 0 Å². The summed E-state index contributed by atoms with van der Waals surface area (Å²) in [6.45, 7) is 18.3. The molecule has 0 saturated carbocycles. The molecule has 0 radical (unpaired) electrons. The van der Waals surface area contributed by atoms with E-state index in [1.165, 1.54) is 11.1 Å². The van der Waals surface area contributed by atoms with E-state index >= 15 is 0 Å². The molecular weight excluding hydrogens is 418 g/mol. The smallest absolute Gasteiger partial charge is 0.197 e. The molecule has 0 bridgehead atoms. The van der Waals surface area contributed by atoms with Gasteiger partial charge in [-0.15, -0.1) is 0 Å². The third-order valence-corrected chi connectivity index (χ3v) is 5.72. The molecule has 0 aliphatic rings. The normalized spacial score (nSPS) is 13.4. The van der Waals surface area contributed by atoms with Crippen LogP contribution in [-0.2, 0) is 16.7 Å². The third kappa shape index (κ3) is 9.52. The van der Waals surface area contributed by atoms with Crippen LogP contribution in [0.1, 0.15) is 64.7 Å². The lowest BCUT2D eigenvalue weighted by molar-refractivity contribution is -0.904. The highest BCUT2D eigenvalue weighted by Gasteiger charge is 2.27. The molecule has 0 N–H and O–H groups in total. The van der Waals surface area contributed by atoms with Gasteiger partial charge >= 0.3 is 0 Å². The van der Waals surface area contributed by atoms with E-state index < -0.39 is 0 Å². The SMILES string of the molecule is Cc1cc(C(C)(C)CC(C)(C)C)ccc1OC(C)OCC[N+](C)(C)Cc1ccccc1.[Cl-]. The number of nitrogens with zero attached hydrogens (tertiary/aromatic N) is 1. The quantitative estimate of drug-likeness (QED) is 0.396. The maximum absolute atomic E-state index is 6.12. The number of halogens is 1. The summed E-state index contributed by atoms with van der Waals surface area (Å²) in [4.78, 5) is 0. The van der Waals surface area contributed by atoms with Crippen molar-refractivity contribution in [2.45, 2.75) is 73.1 Å². The van der Waals surface area contributed by atoms with Gasteiger partial charge in [0.25, 0.3) is 0 Å². The molecule has 0 spiro atoms. The monoisotopic (exact) mass is 461 g/mol. The molecule has 0 aliphatic carbocycles.